The van der Waals surface area contributed by atoms with Crippen molar-refractivity contribution in [2.45, 2.75) is 63.8 Å². The Morgan fingerprint density at radius 3 is 2.05 bits per heavy atom. The minimum absolute atomic E-state index is 0.739. The van der Waals surface area contributed by atoms with E-state index in [2.05, 4.69) is 5.32 Å². The van der Waals surface area contributed by atoms with Crippen molar-refractivity contribution < 1.29 is 4.74 Å². The van der Waals surface area contributed by atoms with E-state index >= 15 is 0 Å². The van der Waals surface area contributed by atoms with Crippen molar-refractivity contribution >= 4 is 0 Å². The van der Waals surface area contributed by atoms with Crippen LogP contribution >= 0.6 is 0 Å². The maximum Gasteiger partial charge on any atom is 0.0480 e. The van der Waals surface area contributed by atoms with Gasteiger partial charge in [0, 0.05) is 19.3 Å². The molecule has 0 aromatic carbocycles. The van der Waals surface area contributed by atoms with E-state index in [1.54, 1.807) is 38.5 Å². The molecular weight excluding hydrogens is 234 g/mol. The summed E-state index contributed by atoms with van der Waals surface area (Å²) in [4.78, 5) is 0. The highest BCUT2D eigenvalue weighted by Crippen LogP contribution is 2.61. The lowest BCUT2D eigenvalue weighted by Gasteiger charge is -2.57. The average Bonchev–Trinajstić information content (AvgIpc) is 2.38. The van der Waals surface area contributed by atoms with Gasteiger partial charge in [-0.05, 0) is 87.5 Å². The molecule has 1 saturated heterocycles. The quantitative estimate of drug-likeness (QED) is 0.840. The molecule has 0 radical (unpaired) electrons. The minimum Gasteiger partial charge on any atom is -0.381 e. The van der Waals surface area contributed by atoms with E-state index in [9.17, 15) is 0 Å². The summed E-state index contributed by atoms with van der Waals surface area (Å²) in [6.07, 6.45) is 13.3. The lowest BCUT2D eigenvalue weighted by molar-refractivity contribution is -0.0573. The third-order valence-corrected chi connectivity index (χ3v) is 6.47. The maximum atomic E-state index is 5.44. The Kier molecular flexibility index (Phi) is 3.35. The second kappa shape index (κ2) is 5.04. The fourth-order valence-electron chi connectivity index (χ4n) is 6.04. The molecule has 5 aliphatic rings. The fourth-order valence-corrected chi connectivity index (χ4v) is 6.04. The van der Waals surface area contributed by atoms with Crippen molar-refractivity contribution in [2.24, 2.45) is 23.2 Å². The predicted octanol–water partition coefficient (Wildman–Crippen LogP) is 3.36. The zero-order valence-corrected chi connectivity index (χ0v) is 12.2. The zero-order chi connectivity index (χ0) is 12.7. The highest BCUT2D eigenvalue weighted by molar-refractivity contribution is 5.01. The topological polar surface area (TPSA) is 21.3 Å². The summed E-state index contributed by atoms with van der Waals surface area (Å²) in [5.74, 6) is 3.32. The zero-order valence-electron chi connectivity index (χ0n) is 12.2. The van der Waals surface area contributed by atoms with Gasteiger partial charge in [-0.2, -0.15) is 0 Å². The summed E-state index contributed by atoms with van der Waals surface area (Å²) in [5, 5.41) is 3.82. The van der Waals surface area contributed by atoms with Crippen LogP contribution in [-0.4, -0.2) is 25.8 Å². The minimum atomic E-state index is 0.739. The van der Waals surface area contributed by atoms with E-state index in [-0.39, 0.29) is 0 Å². The van der Waals surface area contributed by atoms with Gasteiger partial charge in [-0.25, -0.2) is 0 Å². The number of ether oxygens (including phenoxy) is 1. The van der Waals surface area contributed by atoms with Gasteiger partial charge >= 0.3 is 0 Å². The first-order valence-electron chi connectivity index (χ1n) is 8.62. The molecule has 1 aliphatic heterocycles. The summed E-state index contributed by atoms with van der Waals surface area (Å²) in [5.41, 5.74) is 0.757. The normalized spacial score (nSPS) is 45.8. The van der Waals surface area contributed by atoms with E-state index in [0.717, 1.165) is 42.4 Å². The number of nitrogens with one attached hydrogen (secondary N) is 1. The van der Waals surface area contributed by atoms with Crippen LogP contribution in [0.4, 0.5) is 0 Å². The van der Waals surface area contributed by atoms with E-state index < -0.39 is 0 Å². The van der Waals surface area contributed by atoms with Gasteiger partial charge in [0.1, 0.15) is 0 Å². The van der Waals surface area contributed by atoms with Crippen LogP contribution in [0.2, 0.25) is 0 Å². The molecule has 2 nitrogen and oxygen atoms in total. The molecule has 0 atom stereocenters. The Balaban J connectivity index is 1.30. The van der Waals surface area contributed by atoms with Crippen molar-refractivity contribution in [2.75, 3.05) is 19.8 Å². The molecule has 0 aromatic heterocycles. The molecule has 1 heterocycles. The van der Waals surface area contributed by atoms with E-state index in [0.29, 0.717) is 0 Å². The lowest BCUT2D eigenvalue weighted by atomic mass is 9.49. The first-order valence-corrected chi connectivity index (χ1v) is 8.62. The molecule has 2 heteroatoms. The van der Waals surface area contributed by atoms with Gasteiger partial charge in [-0.15, -0.1) is 0 Å². The molecule has 0 unspecified atom stereocenters. The molecule has 4 bridgehead atoms. The van der Waals surface area contributed by atoms with Crippen LogP contribution in [-0.2, 0) is 4.74 Å². The smallest absolute Gasteiger partial charge is 0.0480 e. The van der Waals surface area contributed by atoms with E-state index in [4.69, 9.17) is 4.74 Å². The molecule has 5 fully saturated rings. The Hall–Kier alpha value is -0.0800. The largest absolute Gasteiger partial charge is 0.381 e. The number of hydrogen-bond donors (Lipinski definition) is 1. The average molecular weight is 263 g/mol. The first kappa shape index (κ1) is 12.6. The van der Waals surface area contributed by atoms with Gasteiger partial charge in [0.2, 0.25) is 0 Å². The molecule has 0 spiro atoms. The third-order valence-electron chi connectivity index (χ3n) is 6.47. The Morgan fingerprint density at radius 2 is 1.47 bits per heavy atom. The lowest BCUT2D eigenvalue weighted by Crippen LogP contribution is -2.47. The molecule has 1 N–H and O–H groups in total. The number of hydrogen-bond acceptors (Lipinski definition) is 2. The Morgan fingerprint density at radius 1 is 0.895 bits per heavy atom. The van der Waals surface area contributed by atoms with Gasteiger partial charge < -0.3 is 10.1 Å². The first-order chi connectivity index (χ1) is 9.31. The summed E-state index contributed by atoms with van der Waals surface area (Å²) in [7, 11) is 0. The monoisotopic (exact) mass is 263 g/mol. The number of rotatable bonds is 4. The molecule has 4 saturated carbocycles. The molecule has 4 aliphatic carbocycles. The highest BCUT2D eigenvalue weighted by Gasteiger charge is 2.50. The summed E-state index contributed by atoms with van der Waals surface area (Å²) in [6, 6.07) is 0.739. The van der Waals surface area contributed by atoms with E-state index in [1.165, 1.54) is 25.8 Å². The van der Waals surface area contributed by atoms with Gasteiger partial charge in [-0.1, -0.05) is 0 Å². The van der Waals surface area contributed by atoms with Gasteiger partial charge in [0.15, 0.2) is 0 Å². The molecule has 5 rings (SSSR count). The molecule has 108 valence electrons. The van der Waals surface area contributed by atoms with Crippen LogP contribution in [0.15, 0.2) is 0 Å². The van der Waals surface area contributed by atoms with E-state index in [1.807, 2.05) is 0 Å². The van der Waals surface area contributed by atoms with Crippen LogP contribution in [0, 0.1) is 23.2 Å². The SMILES string of the molecule is C(CC12CC3CC(CC(C3)C1)C2)NC1CCOCC1. The van der Waals surface area contributed by atoms with Crippen LogP contribution in [0.3, 0.4) is 0 Å². The molecular formula is C17H29NO. The van der Waals surface area contributed by atoms with Crippen LogP contribution in [0.5, 0.6) is 0 Å². The molecule has 0 amide bonds. The second-order valence-corrected chi connectivity index (χ2v) is 8.01. The summed E-state index contributed by atoms with van der Waals surface area (Å²) >= 11 is 0. The maximum absolute atomic E-state index is 5.44. The van der Waals surface area contributed by atoms with Gasteiger partial charge in [0.25, 0.3) is 0 Å². The predicted molar refractivity (Wildman–Crippen MR) is 77.1 cm³/mol. The van der Waals surface area contributed by atoms with Crippen molar-refractivity contribution in [1.29, 1.82) is 0 Å². The van der Waals surface area contributed by atoms with Crippen molar-refractivity contribution in [3.63, 3.8) is 0 Å². The van der Waals surface area contributed by atoms with Crippen molar-refractivity contribution in [3.8, 4) is 0 Å². The Bertz CT molecular complexity index is 286. The van der Waals surface area contributed by atoms with Gasteiger partial charge in [0.05, 0.1) is 0 Å². The fraction of sp³-hybridized carbons (Fsp3) is 1.00. The second-order valence-electron chi connectivity index (χ2n) is 8.01. The van der Waals surface area contributed by atoms with Crippen LogP contribution < -0.4 is 5.32 Å². The van der Waals surface area contributed by atoms with Crippen molar-refractivity contribution in [1.82, 2.24) is 5.32 Å². The summed E-state index contributed by atoms with van der Waals surface area (Å²) in [6.45, 7) is 3.20. The molecule has 19 heavy (non-hydrogen) atoms. The van der Waals surface area contributed by atoms with Crippen molar-refractivity contribution in [3.05, 3.63) is 0 Å². The Labute approximate surface area is 117 Å². The highest BCUT2D eigenvalue weighted by atomic mass is 16.5. The summed E-state index contributed by atoms with van der Waals surface area (Å²) < 4.78 is 5.44. The van der Waals surface area contributed by atoms with Crippen LogP contribution in [0.1, 0.15) is 57.8 Å². The van der Waals surface area contributed by atoms with Gasteiger partial charge in [-0.3, -0.25) is 0 Å². The standard InChI is InChI=1S/C17H29NO/c1-5-19-6-2-16(1)18-4-3-17-10-13-7-14(11-17)9-15(8-13)12-17/h13-16,18H,1-12H2. The molecule has 0 aromatic rings. The third kappa shape index (κ3) is 2.58. The van der Waals surface area contributed by atoms with Crippen LogP contribution in [0.25, 0.3) is 0 Å².